The number of likely N-dealkylation sites (tertiary alicyclic amines) is 1. The van der Waals surface area contributed by atoms with Gasteiger partial charge in [0, 0.05) is 38.6 Å². The molecule has 2 unspecified atom stereocenters. The topological polar surface area (TPSA) is 63.3 Å². The highest BCUT2D eigenvalue weighted by molar-refractivity contribution is 14.0. The maximum atomic E-state index is 4.92. The molecule has 1 N–H and O–H groups in total. The zero-order chi connectivity index (χ0) is 19.3. The van der Waals surface area contributed by atoms with Crippen LogP contribution in [0.25, 0.3) is 11.0 Å². The summed E-state index contributed by atoms with van der Waals surface area (Å²) in [6.07, 6.45) is 8.92. The third-order valence-corrected chi connectivity index (χ3v) is 5.59. The van der Waals surface area contributed by atoms with Crippen molar-refractivity contribution >= 4 is 41.0 Å². The van der Waals surface area contributed by atoms with Gasteiger partial charge >= 0.3 is 0 Å². The summed E-state index contributed by atoms with van der Waals surface area (Å²) in [6.45, 7) is 8.86. The smallest absolute Gasteiger partial charge is 0.194 e. The molecule has 4 rings (SSSR count). The zero-order valence-corrected chi connectivity index (χ0v) is 19.4. The number of nitrogens with zero attached hydrogens (tertiary/aromatic N) is 6. The maximum Gasteiger partial charge on any atom is 0.194 e. The molecule has 1 fully saturated rings. The largest absolute Gasteiger partial charge is 0.357 e. The monoisotopic (exact) mass is 507 g/mol. The molecule has 0 amide bonds. The molecular formula is C21H30IN7. The minimum atomic E-state index is 0. The zero-order valence-electron chi connectivity index (χ0n) is 17.1. The third-order valence-electron chi connectivity index (χ3n) is 5.59. The van der Waals surface area contributed by atoms with Gasteiger partial charge in [0.2, 0.25) is 0 Å². The minimum absolute atomic E-state index is 0. The lowest BCUT2D eigenvalue weighted by Crippen LogP contribution is -2.49. The summed E-state index contributed by atoms with van der Waals surface area (Å²) >= 11 is 0. The highest BCUT2D eigenvalue weighted by Gasteiger charge is 2.28. The maximum absolute atomic E-state index is 4.92. The normalized spacial score (nSPS) is 19.9. The van der Waals surface area contributed by atoms with Crippen LogP contribution in [0.3, 0.4) is 0 Å². The van der Waals surface area contributed by atoms with Crippen molar-refractivity contribution in [2.24, 2.45) is 10.9 Å². The van der Waals surface area contributed by atoms with E-state index in [4.69, 9.17) is 4.99 Å². The SMILES string of the molecule is CCNC(=NCCn1cnc2ccccc21)N1CCC(C)C(n2ccnc2)C1.I. The molecule has 1 aromatic carbocycles. The molecule has 3 heterocycles. The summed E-state index contributed by atoms with van der Waals surface area (Å²) in [6, 6.07) is 8.66. The Hall–Kier alpha value is -2.10. The quantitative estimate of drug-likeness (QED) is 0.327. The minimum Gasteiger partial charge on any atom is -0.357 e. The fourth-order valence-electron chi connectivity index (χ4n) is 3.97. The summed E-state index contributed by atoms with van der Waals surface area (Å²) in [5.74, 6) is 1.63. The van der Waals surface area contributed by atoms with E-state index in [1.54, 1.807) is 0 Å². The molecule has 2 atom stereocenters. The lowest BCUT2D eigenvalue weighted by atomic mass is 9.93. The number of halogens is 1. The third kappa shape index (κ3) is 4.91. The predicted molar refractivity (Wildman–Crippen MR) is 128 cm³/mol. The van der Waals surface area contributed by atoms with E-state index < -0.39 is 0 Å². The molecule has 0 bridgehead atoms. The number of hydrogen-bond donors (Lipinski definition) is 1. The molecule has 0 aliphatic carbocycles. The van der Waals surface area contributed by atoms with Crippen LogP contribution in [0.4, 0.5) is 0 Å². The van der Waals surface area contributed by atoms with Crippen molar-refractivity contribution in [3.8, 4) is 0 Å². The average molecular weight is 507 g/mol. The van der Waals surface area contributed by atoms with Crippen LogP contribution in [0, 0.1) is 5.92 Å². The van der Waals surface area contributed by atoms with Gasteiger partial charge in [-0.15, -0.1) is 24.0 Å². The fourth-order valence-corrected chi connectivity index (χ4v) is 3.97. The summed E-state index contributed by atoms with van der Waals surface area (Å²) in [4.78, 5) is 16.0. The lowest BCUT2D eigenvalue weighted by Gasteiger charge is -2.39. The Morgan fingerprint density at radius 3 is 2.93 bits per heavy atom. The second kappa shape index (κ2) is 10.1. The molecule has 1 aliphatic rings. The molecule has 0 spiro atoms. The number of hydrogen-bond acceptors (Lipinski definition) is 3. The first kappa shape index (κ1) is 21.6. The first-order valence-electron chi connectivity index (χ1n) is 10.2. The van der Waals surface area contributed by atoms with Crippen molar-refractivity contribution in [1.29, 1.82) is 0 Å². The van der Waals surface area contributed by atoms with Crippen molar-refractivity contribution in [2.45, 2.75) is 32.9 Å². The number of piperidine rings is 1. The predicted octanol–water partition coefficient (Wildman–Crippen LogP) is 3.40. The van der Waals surface area contributed by atoms with Gasteiger partial charge in [-0.3, -0.25) is 4.99 Å². The molecule has 156 valence electrons. The van der Waals surface area contributed by atoms with E-state index in [2.05, 4.69) is 61.5 Å². The first-order valence-corrected chi connectivity index (χ1v) is 10.2. The van der Waals surface area contributed by atoms with Crippen molar-refractivity contribution in [3.63, 3.8) is 0 Å². The van der Waals surface area contributed by atoms with Crippen molar-refractivity contribution in [3.05, 3.63) is 49.3 Å². The van der Waals surface area contributed by atoms with E-state index in [1.807, 2.05) is 31.0 Å². The number of fused-ring (bicyclic) bond motifs is 1. The number of benzene rings is 1. The van der Waals surface area contributed by atoms with Gasteiger partial charge in [0.05, 0.1) is 36.3 Å². The number of guanidine groups is 1. The molecular weight excluding hydrogens is 477 g/mol. The van der Waals surface area contributed by atoms with Gasteiger partial charge in [-0.25, -0.2) is 9.97 Å². The Morgan fingerprint density at radius 2 is 2.14 bits per heavy atom. The second-order valence-corrected chi connectivity index (χ2v) is 7.45. The van der Waals surface area contributed by atoms with Crippen molar-refractivity contribution in [2.75, 3.05) is 26.2 Å². The van der Waals surface area contributed by atoms with Gasteiger partial charge in [0.15, 0.2) is 5.96 Å². The summed E-state index contributed by atoms with van der Waals surface area (Å²) in [7, 11) is 0. The van der Waals surface area contributed by atoms with Crippen LogP contribution in [0.2, 0.25) is 0 Å². The van der Waals surface area contributed by atoms with E-state index in [0.29, 0.717) is 12.0 Å². The molecule has 7 nitrogen and oxygen atoms in total. The van der Waals surface area contributed by atoms with Gasteiger partial charge in [0.25, 0.3) is 0 Å². The number of aromatic nitrogens is 4. The molecule has 8 heteroatoms. The van der Waals surface area contributed by atoms with Gasteiger partial charge < -0.3 is 19.4 Å². The van der Waals surface area contributed by atoms with Gasteiger partial charge in [0.1, 0.15) is 0 Å². The van der Waals surface area contributed by atoms with Crippen molar-refractivity contribution < 1.29 is 0 Å². The standard InChI is InChI=1S/C21H29N7.HI/c1-3-23-21(24-10-13-28-16-25-18-6-4-5-7-19(18)28)26-11-8-17(2)20(14-26)27-12-9-22-15-27;/h4-7,9,12,15-17,20H,3,8,10-11,13-14H2,1-2H3,(H,23,24);1H. The molecule has 1 aliphatic heterocycles. The van der Waals surface area contributed by atoms with Gasteiger partial charge in [-0.2, -0.15) is 0 Å². The highest BCUT2D eigenvalue weighted by atomic mass is 127. The Labute approximate surface area is 189 Å². The Morgan fingerprint density at radius 1 is 1.28 bits per heavy atom. The fraction of sp³-hybridized carbons (Fsp3) is 0.476. The van der Waals surface area contributed by atoms with E-state index in [-0.39, 0.29) is 24.0 Å². The summed E-state index contributed by atoms with van der Waals surface area (Å²) < 4.78 is 4.41. The number of nitrogens with one attached hydrogen (secondary N) is 1. The number of aliphatic imine (C=N–C) groups is 1. The molecule has 0 radical (unpaired) electrons. The first-order chi connectivity index (χ1) is 13.8. The Kier molecular flexibility index (Phi) is 7.51. The van der Waals surface area contributed by atoms with Crippen LogP contribution in [0.15, 0.2) is 54.3 Å². The lowest BCUT2D eigenvalue weighted by molar-refractivity contribution is 0.189. The van der Waals surface area contributed by atoms with Crippen LogP contribution in [-0.2, 0) is 6.54 Å². The van der Waals surface area contributed by atoms with E-state index >= 15 is 0 Å². The Balaban J connectivity index is 0.00000240. The van der Waals surface area contributed by atoms with Crippen LogP contribution >= 0.6 is 24.0 Å². The number of para-hydroxylation sites is 2. The van der Waals surface area contributed by atoms with Gasteiger partial charge in [-0.05, 0) is 31.4 Å². The van der Waals surface area contributed by atoms with Crippen LogP contribution in [0.5, 0.6) is 0 Å². The molecule has 2 aromatic heterocycles. The molecule has 3 aromatic rings. The molecule has 1 saturated heterocycles. The second-order valence-electron chi connectivity index (χ2n) is 7.45. The van der Waals surface area contributed by atoms with E-state index in [0.717, 1.165) is 56.1 Å². The van der Waals surface area contributed by atoms with Crippen LogP contribution in [0.1, 0.15) is 26.3 Å². The number of rotatable bonds is 5. The summed E-state index contributed by atoms with van der Waals surface area (Å²) in [5.41, 5.74) is 2.20. The van der Waals surface area contributed by atoms with Crippen molar-refractivity contribution in [1.82, 2.24) is 29.3 Å². The Bertz CT molecular complexity index is 918. The average Bonchev–Trinajstić information content (AvgIpc) is 3.38. The highest BCUT2D eigenvalue weighted by Crippen LogP contribution is 2.27. The van der Waals surface area contributed by atoms with Gasteiger partial charge in [-0.1, -0.05) is 19.1 Å². The van der Waals surface area contributed by atoms with Crippen LogP contribution in [-0.4, -0.2) is 56.1 Å². The molecule has 29 heavy (non-hydrogen) atoms. The van der Waals surface area contributed by atoms with E-state index in [1.165, 1.54) is 0 Å². The number of imidazole rings is 2. The summed E-state index contributed by atoms with van der Waals surface area (Å²) in [5, 5.41) is 3.48. The molecule has 0 saturated carbocycles. The van der Waals surface area contributed by atoms with Crippen LogP contribution < -0.4 is 5.32 Å². The van der Waals surface area contributed by atoms with E-state index in [9.17, 15) is 0 Å².